The Morgan fingerprint density at radius 2 is 2.35 bits per heavy atom. The molecule has 20 heavy (non-hydrogen) atoms. The zero-order valence-electron chi connectivity index (χ0n) is 11.6. The molecule has 0 amide bonds. The van der Waals surface area contributed by atoms with Gasteiger partial charge in [0, 0.05) is 13.1 Å². The minimum Gasteiger partial charge on any atom is -0.368 e. The van der Waals surface area contributed by atoms with Crippen LogP contribution in [0.25, 0.3) is 11.0 Å². The molecule has 108 valence electrons. The summed E-state index contributed by atoms with van der Waals surface area (Å²) in [5.41, 5.74) is 2.96. The summed E-state index contributed by atoms with van der Waals surface area (Å²) in [6, 6.07) is 3.88. The Balaban J connectivity index is 1.76. The summed E-state index contributed by atoms with van der Waals surface area (Å²) in [7, 11) is 0. The van der Waals surface area contributed by atoms with Crippen molar-refractivity contribution < 1.29 is 0 Å². The van der Waals surface area contributed by atoms with E-state index in [1.54, 1.807) is 0 Å². The van der Waals surface area contributed by atoms with Crippen LogP contribution in [0.3, 0.4) is 0 Å². The van der Waals surface area contributed by atoms with Crippen molar-refractivity contribution in [1.82, 2.24) is 14.1 Å². The molecule has 4 nitrogen and oxygen atoms in total. The van der Waals surface area contributed by atoms with Gasteiger partial charge in [0.15, 0.2) is 0 Å². The van der Waals surface area contributed by atoms with Crippen LogP contribution in [0.2, 0.25) is 5.02 Å². The molecule has 1 fully saturated rings. The number of aromatic nitrogens is 2. The second-order valence-corrected chi connectivity index (χ2v) is 6.27. The normalized spacial score (nSPS) is 19.1. The third kappa shape index (κ3) is 2.75. The van der Waals surface area contributed by atoms with Gasteiger partial charge in [0.05, 0.1) is 22.4 Å². The molecule has 0 aliphatic carbocycles. The van der Waals surface area contributed by atoms with Crippen molar-refractivity contribution in [1.29, 1.82) is 0 Å². The van der Waals surface area contributed by atoms with Gasteiger partial charge >= 0.3 is 0 Å². The second-order valence-electron chi connectivity index (χ2n) is 5.33. The van der Waals surface area contributed by atoms with Crippen molar-refractivity contribution in [2.75, 3.05) is 31.1 Å². The van der Waals surface area contributed by atoms with Gasteiger partial charge in [0.25, 0.3) is 0 Å². The maximum absolute atomic E-state index is 6.39. The fraction of sp³-hybridized carbons (Fsp3) is 0.571. The van der Waals surface area contributed by atoms with E-state index in [4.69, 9.17) is 11.6 Å². The van der Waals surface area contributed by atoms with Crippen LogP contribution < -0.4 is 10.2 Å². The van der Waals surface area contributed by atoms with Crippen LogP contribution in [0.4, 0.5) is 5.69 Å². The van der Waals surface area contributed by atoms with E-state index in [2.05, 4.69) is 25.9 Å². The molecule has 1 aromatic heterocycles. The average molecular weight is 311 g/mol. The number of fused-ring (bicyclic) bond motifs is 1. The number of benzene rings is 1. The summed E-state index contributed by atoms with van der Waals surface area (Å²) in [6.07, 6.45) is 2.40. The molecule has 0 radical (unpaired) electrons. The van der Waals surface area contributed by atoms with Crippen LogP contribution in [-0.2, 0) is 0 Å². The molecule has 1 atom stereocenters. The molecule has 0 bridgehead atoms. The smallest absolute Gasteiger partial charge is 0.129 e. The van der Waals surface area contributed by atoms with Crippen molar-refractivity contribution in [3.05, 3.63) is 17.2 Å². The highest BCUT2D eigenvalue weighted by molar-refractivity contribution is 7.00. The molecular formula is C14H19ClN4S. The summed E-state index contributed by atoms with van der Waals surface area (Å²) >= 11 is 7.65. The maximum Gasteiger partial charge on any atom is 0.129 e. The lowest BCUT2D eigenvalue weighted by atomic mass is 10.1. The third-order valence-corrected chi connectivity index (χ3v) is 4.66. The van der Waals surface area contributed by atoms with Gasteiger partial charge in [-0.3, -0.25) is 0 Å². The number of hydrogen-bond donors (Lipinski definition) is 1. The van der Waals surface area contributed by atoms with Gasteiger partial charge in [-0.2, -0.15) is 8.75 Å². The van der Waals surface area contributed by atoms with E-state index >= 15 is 0 Å². The molecule has 1 N–H and O–H groups in total. The zero-order valence-corrected chi connectivity index (χ0v) is 13.2. The predicted octanol–water partition coefficient (Wildman–Crippen LogP) is 3.17. The number of rotatable bonds is 5. The molecular weight excluding hydrogens is 292 g/mol. The average Bonchev–Trinajstić information content (AvgIpc) is 3.08. The molecule has 1 unspecified atom stereocenters. The molecule has 2 aromatic rings. The van der Waals surface area contributed by atoms with Gasteiger partial charge in [0.1, 0.15) is 11.0 Å². The molecule has 1 saturated heterocycles. The first kappa shape index (κ1) is 14.0. The lowest BCUT2D eigenvalue weighted by Gasteiger charge is -2.20. The zero-order chi connectivity index (χ0) is 13.9. The topological polar surface area (TPSA) is 41.0 Å². The minimum atomic E-state index is 0.694. The van der Waals surface area contributed by atoms with Crippen LogP contribution in [0.1, 0.15) is 19.8 Å². The Morgan fingerprint density at radius 1 is 1.45 bits per heavy atom. The molecule has 2 heterocycles. The van der Waals surface area contributed by atoms with E-state index in [0.717, 1.165) is 47.9 Å². The highest BCUT2D eigenvalue weighted by atomic mass is 35.5. The Labute approximate surface area is 128 Å². The number of hydrogen-bond acceptors (Lipinski definition) is 5. The predicted molar refractivity (Wildman–Crippen MR) is 85.9 cm³/mol. The lowest BCUT2D eigenvalue weighted by molar-refractivity contribution is 0.516. The Bertz CT molecular complexity index is 586. The minimum absolute atomic E-state index is 0.694. The number of halogens is 1. The molecule has 1 aliphatic rings. The van der Waals surface area contributed by atoms with Crippen molar-refractivity contribution in [2.24, 2.45) is 5.92 Å². The summed E-state index contributed by atoms with van der Waals surface area (Å²) in [6.45, 7) is 6.49. The largest absolute Gasteiger partial charge is 0.368 e. The van der Waals surface area contributed by atoms with Crippen LogP contribution in [0.5, 0.6) is 0 Å². The van der Waals surface area contributed by atoms with Gasteiger partial charge in [-0.15, -0.1) is 0 Å². The number of nitrogens with one attached hydrogen (secondary N) is 1. The lowest BCUT2D eigenvalue weighted by Crippen LogP contribution is -2.27. The van der Waals surface area contributed by atoms with Crippen LogP contribution in [0.15, 0.2) is 12.1 Å². The Kier molecular flexibility index (Phi) is 4.38. The van der Waals surface area contributed by atoms with Gasteiger partial charge in [0.2, 0.25) is 0 Å². The van der Waals surface area contributed by atoms with Gasteiger partial charge in [-0.25, -0.2) is 0 Å². The van der Waals surface area contributed by atoms with Gasteiger partial charge < -0.3 is 10.2 Å². The van der Waals surface area contributed by atoms with E-state index in [0.29, 0.717) is 5.92 Å². The fourth-order valence-electron chi connectivity index (χ4n) is 2.80. The van der Waals surface area contributed by atoms with E-state index in [1.807, 2.05) is 12.1 Å². The van der Waals surface area contributed by atoms with Crippen LogP contribution >= 0.6 is 23.3 Å². The number of nitrogens with zero attached hydrogens (tertiary/aromatic N) is 3. The summed E-state index contributed by atoms with van der Waals surface area (Å²) in [5.74, 6) is 0.694. The quantitative estimate of drug-likeness (QED) is 0.861. The van der Waals surface area contributed by atoms with Gasteiger partial charge in [-0.05, 0) is 44.0 Å². The summed E-state index contributed by atoms with van der Waals surface area (Å²) in [5, 5.41) is 4.29. The number of anilines is 1. The van der Waals surface area contributed by atoms with Crippen molar-refractivity contribution in [3.63, 3.8) is 0 Å². The summed E-state index contributed by atoms with van der Waals surface area (Å²) in [4.78, 5) is 2.37. The molecule has 1 aliphatic heterocycles. The molecule has 3 rings (SSSR count). The van der Waals surface area contributed by atoms with Crippen LogP contribution in [-0.4, -0.2) is 34.9 Å². The maximum atomic E-state index is 6.39. The first-order valence-electron chi connectivity index (χ1n) is 7.16. The van der Waals surface area contributed by atoms with Crippen molar-refractivity contribution >= 4 is 40.0 Å². The molecule has 1 aromatic carbocycles. The Hall–Kier alpha value is -0.910. The van der Waals surface area contributed by atoms with Crippen molar-refractivity contribution in [3.8, 4) is 0 Å². The van der Waals surface area contributed by atoms with Gasteiger partial charge in [-0.1, -0.05) is 18.5 Å². The highest BCUT2D eigenvalue weighted by Crippen LogP contribution is 2.36. The van der Waals surface area contributed by atoms with Crippen molar-refractivity contribution in [2.45, 2.75) is 19.8 Å². The molecule has 0 spiro atoms. The second kappa shape index (κ2) is 6.24. The monoisotopic (exact) mass is 310 g/mol. The first-order valence-corrected chi connectivity index (χ1v) is 8.27. The Morgan fingerprint density at radius 3 is 3.20 bits per heavy atom. The SMILES string of the molecule is CCCNCC1CCN(c2c(Cl)ccc3nsnc23)C1. The fourth-order valence-corrected chi connectivity index (χ4v) is 3.61. The van der Waals surface area contributed by atoms with E-state index < -0.39 is 0 Å². The van der Waals surface area contributed by atoms with E-state index in [9.17, 15) is 0 Å². The third-order valence-electron chi connectivity index (χ3n) is 3.81. The van der Waals surface area contributed by atoms with Crippen LogP contribution in [0, 0.1) is 5.92 Å². The summed E-state index contributed by atoms with van der Waals surface area (Å²) < 4.78 is 8.72. The van der Waals surface area contributed by atoms with E-state index in [-0.39, 0.29) is 0 Å². The molecule has 0 saturated carbocycles. The highest BCUT2D eigenvalue weighted by Gasteiger charge is 2.26. The standard InChI is InChI=1S/C14H19ClN4S/c1-2-6-16-8-10-5-7-19(9-10)14-11(15)3-4-12-13(14)18-20-17-12/h3-4,10,16H,2,5-9H2,1H3. The molecule has 6 heteroatoms. The first-order chi connectivity index (χ1) is 9.79. The van der Waals surface area contributed by atoms with E-state index in [1.165, 1.54) is 24.6 Å².